The number of nitrogens with zero attached hydrogens (tertiary/aromatic N) is 4. The Morgan fingerprint density at radius 2 is 1.79 bits per heavy atom. The minimum absolute atomic E-state index is 0.0842. The van der Waals surface area contributed by atoms with E-state index in [2.05, 4.69) is 15.3 Å². The number of benzene rings is 3. The van der Waals surface area contributed by atoms with Gasteiger partial charge in [0, 0.05) is 47.2 Å². The number of amides is 2. The Kier molecular flexibility index (Phi) is 6.54. The maximum absolute atomic E-state index is 15.6. The van der Waals surface area contributed by atoms with Crippen LogP contribution in [0.15, 0.2) is 72.4 Å². The normalized spacial score (nSPS) is 18.0. The molecule has 3 saturated heterocycles. The zero-order valence-corrected chi connectivity index (χ0v) is 24.8. The van der Waals surface area contributed by atoms with Crippen molar-refractivity contribution >= 4 is 55.8 Å². The van der Waals surface area contributed by atoms with Gasteiger partial charge in [-0.25, -0.2) is 14.2 Å². The van der Waals surface area contributed by atoms with Crippen LogP contribution in [0.4, 0.5) is 20.6 Å². The van der Waals surface area contributed by atoms with Crippen LogP contribution in [0.2, 0.25) is 0 Å². The monoisotopic (exact) mass is 595 g/mol. The summed E-state index contributed by atoms with van der Waals surface area (Å²) in [5.74, 6) is -0.717. The summed E-state index contributed by atoms with van der Waals surface area (Å²) in [6.07, 6.45) is 2.23. The number of halogens is 1. The van der Waals surface area contributed by atoms with Gasteiger partial charge in [-0.3, -0.25) is 14.7 Å². The number of carbonyl (C=O) groups is 2. The molecule has 3 aliphatic heterocycles. The Morgan fingerprint density at radius 1 is 0.977 bits per heavy atom. The minimum Gasteiger partial charge on any atom is -0.444 e. The van der Waals surface area contributed by atoms with Gasteiger partial charge in [0.15, 0.2) is 0 Å². The van der Waals surface area contributed by atoms with Gasteiger partial charge in [0.2, 0.25) is 0 Å². The molecule has 3 aromatic carbocycles. The van der Waals surface area contributed by atoms with Gasteiger partial charge in [-0.2, -0.15) is 0 Å². The summed E-state index contributed by atoms with van der Waals surface area (Å²) in [7, 11) is 0. The van der Waals surface area contributed by atoms with Crippen molar-refractivity contribution in [1.29, 1.82) is 0 Å². The molecular weight excluding hydrogens is 565 g/mol. The van der Waals surface area contributed by atoms with Crippen molar-refractivity contribution in [1.82, 2.24) is 19.8 Å². The highest BCUT2D eigenvalue weighted by atomic mass is 32.1. The number of hydrogen-bond acceptors (Lipinski definition) is 7. The van der Waals surface area contributed by atoms with E-state index in [4.69, 9.17) is 4.74 Å². The fraction of sp³-hybridized carbons (Fsp3) is 0.273. The highest BCUT2D eigenvalue weighted by Gasteiger charge is 2.49. The number of thiazole rings is 1. The molecule has 2 amide bonds. The van der Waals surface area contributed by atoms with E-state index in [1.807, 2.05) is 68.7 Å². The second kappa shape index (κ2) is 10.3. The van der Waals surface area contributed by atoms with Crippen molar-refractivity contribution in [2.45, 2.75) is 44.9 Å². The molecule has 218 valence electrons. The predicted molar refractivity (Wildman–Crippen MR) is 166 cm³/mol. The molecular formula is C33H30FN5O3S. The summed E-state index contributed by atoms with van der Waals surface area (Å²) >= 11 is 1.59. The van der Waals surface area contributed by atoms with E-state index in [1.54, 1.807) is 39.5 Å². The van der Waals surface area contributed by atoms with Gasteiger partial charge in [0.05, 0.1) is 33.3 Å². The molecule has 10 heteroatoms. The lowest BCUT2D eigenvalue weighted by Crippen LogP contribution is -2.71. The number of piperidine rings is 1. The first-order valence-corrected chi connectivity index (χ1v) is 15.1. The maximum atomic E-state index is 15.6. The molecule has 0 radical (unpaired) electrons. The number of pyridine rings is 1. The SMILES string of the molecule is CC(C)(C)OC(=O)N1[C@@H]2C[C@H]1CN(C(=O)c1ccc(-c3ccc4nccc(Nc5ccc6scnc6c5)c4c3)c(F)c1)C2. The Labute approximate surface area is 252 Å². The highest BCUT2D eigenvalue weighted by Crippen LogP contribution is 2.36. The summed E-state index contributed by atoms with van der Waals surface area (Å²) in [6.45, 7) is 6.32. The summed E-state index contributed by atoms with van der Waals surface area (Å²) in [5.41, 5.74) is 6.06. The molecule has 5 aromatic rings. The van der Waals surface area contributed by atoms with Crippen LogP contribution in [-0.2, 0) is 4.74 Å². The highest BCUT2D eigenvalue weighted by molar-refractivity contribution is 7.16. The molecule has 0 unspecified atom stereocenters. The minimum atomic E-state index is -0.577. The molecule has 5 heterocycles. The van der Waals surface area contributed by atoms with Gasteiger partial charge in [-0.15, -0.1) is 11.3 Å². The average Bonchev–Trinajstić information content (AvgIpc) is 3.44. The quantitative estimate of drug-likeness (QED) is 0.236. The smallest absolute Gasteiger partial charge is 0.410 e. The van der Waals surface area contributed by atoms with Crippen molar-refractivity contribution in [2.24, 2.45) is 0 Å². The number of piperazine rings is 1. The number of ether oxygens (including phenoxy) is 1. The maximum Gasteiger partial charge on any atom is 0.410 e. The number of hydrogen-bond donors (Lipinski definition) is 1. The van der Waals surface area contributed by atoms with E-state index in [1.165, 1.54) is 6.07 Å². The lowest BCUT2D eigenvalue weighted by Gasteiger charge is -2.55. The van der Waals surface area contributed by atoms with Gasteiger partial charge in [-0.1, -0.05) is 12.1 Å². The molecule has 3 fully saturated rings. The van der Waals surface area contributed by atoms with Crippen LogP contribution in [0, 0.1) is 5.82 Å². The van der Waals surface area contributed by atoms with Gasteiger partial charge in [0.25, 0.3) is 5.91 Å². The average molecular weight is 596 g/mol. The molecule has 0 aliphatic carbocycles. The summed E-state index contributed by atoms with van der Waals surface area (Å²) in [5, 5.41) is 4.31. The van der Waals surface area contributed by atoms with Crippen molar-refractivity contribution in [3.05, 3.63) is 83.8 Å². The topological polar surface area (TPSA) is 87.7 Å². The van der Waals surface area contributed by atoms with E-state index in [-0.39, 0.29) is 29.6 Å². The predicted octanol–water partition coefficient (Wildman–Crippen LogP) is 7.23. The zero-order valence-electron chi connectivity index (χ0n) is 24.0. The Bertz CT molecular complexity index is 1890. The molecule has 2 bridgehead atoms. The van der Waals surface area contributed by atoms with Crippen LogP contribution in [0.1, 0.15) is 37.6 Å². The number of fused-ring (bicyclic) bond motifs is 4. The molecule has 0 saturated carbocycles. The number of carbonyl (C=O) groups excluding carboxylic acids is 2. The summed E-state index contributed by atoms with van der Waals surface area (Å²) in [4.78, 5) is 38.2. The third-order valence-electron chi connectivity index (χ3n) is 7.96. The fourth-order valence-corrected chi connectivity index (χ4v) is 6.63. The van der Waals surface area contributed by atoms with Gasteiger partial charge in [-0.05, 0) is 81.3 Å². The molecule has 1 N–H and O–H groups in total. The molecule has 2 atom stereocenters. The first kappa shape index (κ1) is 27.3. The molecule has 0 spiro atoms. The van der Waals surface area contributed by atoms with Crippen molar-refractivity contribution < 1.29 is 18.7 Å². The largest absolute Gasteiger partial charge is 0.444 e. The van der Waals surface area contributed by atoms with E-state index in [0.29, 0.717) is 24.2 Å². The van der Waals surface area contributed by atoms with Crippen molar-refractivity contribution in [3.63, 3.8) is 0 Å². The number of nitrogens with one attached hydrogen (secondary N) is 1. The zero-order chi connectivity index (χ0) is 29.9. The van der Waals surface area contributed by atoms with Crippen LogP contribution >= 0.6 is 11.3 Å². The third-order valence-corrected chi connectivity index (χ3v) is 8.77. The molecule has 8 rings (SSSR count). The van der Waals surface area contributed by atoms with Gasteiger partial charge >= 0.3 is 6.09 Å². The van der Waals surface area contributed by atoms with Crippen molar-refractivity contribution in [3.8, 4) is 11.1 Å². The van der Waals surface area contributed by atoms with Crippen LogP contribution in [0.5, 0.6) is 0 Å². The Hall–Kier alpha value is -4.57. The Balaban J connectivity index is 1.10. The fourth-order valence-electron chi connectivity index (χ4n) is 5.97. The number of rotatable bonds is 4. The second-order valence-electron chi connectivity index (χ2n) is 12.1. The van der Waals surface area contributed by atoms with E-state index in [0.717, 1.165) is 38.9 Å². The van der Waals surface area contributed by atoms with E-state index < -0.39 is 11.4 Å². The molecule has 3 aliphatic rings. The standard InChI is InChI=1S/C33H30FN5O3S/c1-33(2,3)42-32(41)39-22-15-23(39)17-38(16-22)31(40)20-4-7-24(26(34)13-20)19-5-8-27-25(12-19)28(10-11-35-27)37-21-6-9-30-29(14-21)36-18-43-30/h4-14,18,22-23H,15-17H2,1-3H3,(H,35,37)/t22-,23+. The van der Waals surface area contributed by atoms with E-state index >= 15 is 4.39 Å². The van der Waals surface area contributed by atoms with Crippen LogP contribution in [0.25, 0.3) is 32.2 Å². The van der Waals surface area contributed by atoms with E-state index in [9.17, 15) is 9.59 Å². The molecule has 43 heavy (non-hydrogen) atoms. The third kappa shape index (κ3) is 5.16. The van der Waals surface area contributed by atoms with Crippen LogP contribution < -0.4 is 5.32 Å². The first-order valence-electron chi connectivity index (χ1n) is 14.2. The summed E-state index contributed by atoms with van der Waals surface area (Å²) in [6, 6.07) is 18.0. The van der Waals surface area contributed by atoms with Crippen LogP contribution in [-0.4, -0.2) is 62.5 Å². The lowest BCUT2D eigenvalue weighted by atomic mass is 9.87. The molecule has 8 nitrogen and oxygen atoms in total. The number of anilines is 2. The lowest BCUT2D eigenvalue weighted by molar-refractivity contribution is -0.0693. The number of aromatic nitrogens is 2. The Morgan fingerprint density at radius 3 is 2.56 bits per heavy atom. The van der Waals surface area contributed by atoms with Crippen LogP contribution in [0.3, 0.4) is 0 Å². The van der Waals surface area contributed by atoms with Gasteiger partial charge in [0.1, 0.15) is 11.4 Å². The molecule has 2 aromatic heterocycles. The summed E-state index contributed by atoms with van der Waals surface area (Å²) < 4.78 is 22.2. The second-order valence-corrected chi connectivity index (χ2v) is 13.0. The van der Waals surface area contributed by atoms with Gasteiger partial charge < -0.3 is 15.0 Å². The first-order chi connectivity index (χ1) is 20.6. The van der Waals surface area contributed by atoms with Crippen molar-refractivity contribution in [2.75, 3.05) is 18.4 Å².